The van der Waals surface area contributed by atoms with Gasteiger partial charge in [0.05, 0.1) is 12.8 Å². The molecule has 0 aliphatic rings. The average Bonchev–Trinajstić information content (AvgIpc) is 2.34. The Morgan fingerprint density at radius 1 is 0.407 bits per heavy atom. The topological polar surface area (TPSA) is 68.3 Å². The number of rotatable bonds is 4. The first-order chi connectivity index (χ1) is 11.1. The smallest absolute Gasteiger partial charge is 0.145 e. The fourth-order valence-electron chi connectivity index (χ4n) is 1.35. The molecule has 0 aromatic heterocycles. The van der Waals surface area contributed by atoms with Gasteiger partial charge < -0.3 is 0 Å². The molecule has 0 unspecified atom stereocenters. The summed E-state index contributed by atoms with van der Waals surface area (Å²) in [6, 6.07) is 0. The van der Waals surface area contributed by atoms with Crippen LogP contribution in [0.5, 0.6) is 0 Å². The summed E-state index contributed by atoms with van der Waals surface area (Å²) in [4.78, 5) is 46.0. The monoisotopic (exact) mass is 408 g/mol. The molecule has 0 amide bonds. The third kappa shape index (κ3) is 14.6. The van der Waals surface area contributed by atoms with Gasteiger partial charge in [0.1, 0.15) is 23.1 Å². The summed E-state index contributed by atoms with van der Waals surface area (Å²) < 4.78 is 0. The van der Waals surface area contributed by atoms with E-state index in [0.29, 0.717) is 0 Å². The fraction of sp³-hybridized carbons (Fsp3) is 0.818. The summed E-state index contributed by atoms with van der Waals surface area (Å²) in [6.45, 7) is 22.1. The molecule has 0 spiro atoms. The quantitative estimate of drug-likeness (QED) is 0.493. The van der Waals surface area contributed by atoms with Crippen molar-refractivity contribution in [2.24, 2.45) is 21.7 Å². The number of ketones is 4. The Hall–Kier alpha value is -0.0603. The van der Waals surface area contributed by atoms with E-state index in [1.807, 2.05) is 83.1 Å². The van der Waals surface area contributed by atoms with Crippen LogP contribution in [0.2, 0.25) is 0 Å². The van der Waals surface area contributed by atoms with Gasteiger partial charge in [-0.2, -0.15) is 0 Å². The maximum absolute atomic E-state index is 11.5. The number of hydrogen-bond donors (Lipinski definition) is 0. The molecule has 0 fully saturated rings. The van der Waals surface area contributed by atoms with Gasteiger partial charge in [-0.05, 0) is 0 Å². The number of carbonyl (C=O) groups is 4. The molecular formula is C22H40CaO4. The summed E-state index contributed by atoms with van der Waals surface area (Å²) in [5, 5.41) is 0. The van der Waals surface area contributed by atoms with E-state index in [1.54, 1.807) is 0 Å². The van der Waals surface area contributed by atoms with E-state index in [-0.39, 0.29) is 73.7 Å². The minimum atomic E-state index is -0.402. The number of hydrogen-bond acceptors (Lipinski definition) is 4. The van der Waals surface area contributed by atoms with E-state index < -0.39 is 21.7 Å². The van der Waals surface area contributed by atoms with Crippen LogP contribution in [0.15, 0.2) is 0 Å². The van der Waals surface area contributed by atoms with Crippen LogP contribution >= 0.6 is 0 Å². The Labute approximate surface area is 196 Å². The van der Waals surface area contributed by atoms with E-state index in [2.05, 4.69) is 0 Å². The molecule has 0 N–H and O–H groups in total. The fourth-order valence-corrected chi connectivity index (χ4v) is 1.35. The molecule has 0 aliphatic carbocycles. The maximum Gasteiger partial charge on any atom is 0.145 e. The van der Waals surface area contributed by atoms with Gasteiger partial charge in [0.2, 0.25) is 0 Å². The van der Waals surface area contributed by atoms with Crippen molar-refractivity contribution in [3.8, 4) is 0 Å². The Balaban J connectivity index is -0.000000411. The average molecular weight is 409 g/mol. The van der Waals surface area contributed by atoms with E-state index in [9.17, 15) is 19.2 Å². The van der Waals surface area contributed by atoms with Gasteiger partial charge in [-0.25, -0.2) is 0 Å². The van der Waals surface area contributed by atoms with Crippen LogP contribution in [-0.2, 0) is 19.2 Å². The minimum absolute atomic E-state index is 0. The first-order valence-electron chi connectivity index (χ1n) is 9.23. The molecular weight excluding hydrogens is 368 g/mol. The molecule has 0 saturated heterocycles. The summed E-state index contributed by atoms with van der Waals surface area (Å²) in [5.41, 5.74) is -1.61. The molecule has 0 aromatic rings. The van der Waals surface area contributed by atoms with Crippen LogP contribution in [-0.4, -0.2) is 60.9 Å². The largest absolute Gasteiger partial charge is 0.299 e. The molecule has 0 saturated carbocycles. The van der Waals surface area contributed by atoms with Crippen LogP contribution in [0.25, 0.3) is 0 Å². The maximum atomic E-state index is 11.5. The predicted molar refractivity (Wildman–Crippen MR) is 113 cm³/mol. The Morgan fingerprint density at radius 3 is 0.593 bits per heavy atom. The van der Waals surface area contributed by atoms with E-state index >= 15 is 0 Å². The number of Topliss-reactive ketones (excluding diaryl/α,β-unsaturated/α-hetero) is 4. The Kier molecular flexibility index (Phi) is 13.1. The molecule has 154 valence electrons. The van der Waals surface area contributed by atoms with Crippen molar-refractivity contribution in [3.63, 3.8) is 0 Å². The molecule has 4 nitrogen and oxygen atoms in total. The molecule has 0 bridgehead atoms. The Morgan fingerprint density at radius 2 is 0.519 bits per heavy atom. The number of carbonyl (C=O) groups excluding carboxylic acids is 4. The van der Waals surface area contributed by atoms with Gasteiger partial charge in [-0.15, -0.1) is 0 Å². The summed E-state index contributed by atoms with van der Waals surface area (Å²) in [7, 11) is 0. The molecule has 2 radical (unpaired) electrons. The summed E-state index contributed by atoms with van der Waals surface area (Å²) in [5.74, 6) is 0.0831. The zero-order valence-electron chi connectivity index (χ0n) is 19.8. The molecule has 5 heteroatoms. The third-order valence-corrected chi connectivity index (χ3v) is 3.99. The van der Waals surface area contributed by atoms with Gasteiger partial charge >= 0.3 is 0 Å². The normalized spacial score (nSPS) is 12.3. The Bertz CT molecular complexity index is 435. The molecule has 0 heterocycles. The standard InChI is InChI=1S/2C11H20O2.Ca/c2*1-10(2,3)8(12)7-9(13)11(4,5)6;/h2*7H2,1-6H3;. The van der Waals surface area contributed by atoms with E-state index in [4.69, 9.17) is 0 Å². The predicted octanol–water partition coefficient (Wildman–Crippen LogP) is 4.83. The first-order valence-corrected chi connectivity index (χ1v) is 9.23. The summed E-state index contributed by atoms with van der Waals surface area (Å²) >= 11 is 0. The van der Waals surface area contributed by atoms with E-state index in [0.717, 1.165) is 0 Å². The van der Waals surface area contributed by atoms with Crippen molar-refractivity contribution in [3.05, 3.63) is 0 Å². The minimum Gasteiger partial charge on any atom is -0.299 e. The van der Waals surface area contributed by atoms with Crippen molar-refractivity contribution < 1.29 is 19.2 Å². The van der Waals surface area contributed by atoms with Gasteiger partial charge in [-0.1, -0.05) is 83.1 Å². The van der Waals surface area contributed by atoms with Crippen molar-refractivity contribution in [1.29, 1.82) is 0 Å². The molecule has 0 atom stereocenters. The van der Waals surface area contributed by atoms with Gasteiger partial charge in [0.15, 0.2) is 0 Å². The molecule has 27 heavy (non-hydrogen) atoms. The van der Waals surface area contributed by atoms with Crippen molar-refractivity contribution >= 4 is 60.9 Å². The van der Waals surface area contributed by atoms with Crippen LogP contribution in [0.4, 0.5) is 0 Å². The van der Waals surface area contributed by atoms with Crippen LogP contribution in [0, 0.1) is 21.7 Å². The second-order valence-corrected chi connectivity index (χ2v) is 11.0. The van der Waals surface area contributed by atoms with Gasteiger partial charge in [-0.3, -0.25) is 19.2 Å². The molecule has 0 rings (SSSR count). The van der Waals surface area contributed by atoms with E-state index in [1.165, 1.54) is 0 Å². The molecule has 0 aromatic carbocycles. The molecule has 0 aliphatic heterocycles. The van der Waals surface area contributed by atoms with Crippen LogP contribution < -0.4 is 0 Å². The first kappa shape index (κ1) is 31.6. The van der Waals surface area contributed by atoms with Gasteiger partial charge in [0.25, 0.3) is 0 Å². The third-order valence-electron chi connectivity index (χ3n) is 3.99. The SMILES string of the molecule is CC(C)(C)C(=O)CC(=O)C(C)(C)C.CC(C)(C)C(=O)CC(=O)C(C)(C)C.[Ca]. The van der Waals surface area contributed by atoms with Crippen LogP contribution in [0.1, 0.15) is 95.9 Å². The second kappa shape index (κ2) is 11.2. The zero-order valence-corrected chi connectivity index (χ0v) is 22.0. The van der Waals surface area contributed by atoms with Gasteiger partial charge in [0, 0.05) is 59.4 Å². The second-order valence-electron chi connectivity index (χ2n) is 11.0. The van der Waals surface area contributed by atoms with Crippen molar-refractivity contribution in [2.45, 2.75) is 95.9 Å². The van der Waals surface area contributed by atoms with Crippen LogP contribution in [0.3, 0.4) is 0 Å². The van der Waals surface area contributed by atoms with Crippen molar-refractivity contribution in [2.75, 3.05) is 0 Å². The van der Waals surface area contributed by atoms with Crippen molar-refractivity contribution in [1.82, 2.24) is 0 Å². The zero-order chi connectivity index (χ0) is 21.7. The summed E-state index contributed by atoms with van der Waals surface area (Å²) in [6.07, 6.45) is 0.125.